The Kier molecular flexibility index (Phi) is 5.28. The van der Waals surface area contributed by atoms with E-state index in [4.69, 9.17) is 0 Å². The topological polar surface area (TPSA) is 0 Å². The summed E-state index contributed by atoms with van der Waals surface area (Å²) < 4.78 is 64.8. The molecule has 1 fully saturated rings. The third-order valence-corrected chi connectivity index (χ3v) is 5.19. The summed E-state index contributed by atoms with van der Waals surface area (Å²) in [6, 6.07) is 3.31. The zero-order valence-corrected chi connectivity index (χ0v) is 12.9. The molecule has 0 heterocycles. The summed E-state index contributed by atoms with van der Waals surface area (Å²) in [6.45, 7) is 0. The molecule has 0 N–H and O–H groups in total. The standard InChI is InChI=1S/C15H16BrF5/c16-13(7-10-4-5-12(17)8-14(10)18)9-2-1-3-11(6-9)15(19,20)21/h4-5,8-9,11,13H,1-3,6-7H2. The van der Waals surface area contributed by atoms with Gasteiger partial charge in [0.1, 0.15) is 11.6 Å². The molecular weight excluding hydrogens is 355 g/mol. The fourth-order valence-electron chi connectivity index (χ4n) is 2.92. The molecule has 1 aromatic rings. The van der Waals surface area contributed by atoms with Gasteiger partial charge in [0.25, 0.3) is 0 Å². The molecule has 1 aromatic carbocycles. The maximum atomic E-state index is 13.6. The summed E-state index contributed by atoms with van der Waals surface area (Å²) in [5, 5.41) is 0. The Labute approximate surface area is 128 Å². The van der Waals surface area contributed by atoms with Gasteiger partial charge in [-0.15, -0.1) is 0 Å². The van der Waals surface area contributed by atoms with E-state index in [9.17, 15) is 22.0 Å². The second-order valence-electron chi connectivity index (χ2n) is 5.62. The van der Waals surface area contributed by atoms with E-state index in [0.717, 1.165) is 12.1 Å². The number of rotatable bonds is 3. The van der Waals surface area contributed by atoms with Crippen molar-refractivity contribution in [2.24, 2.45) is 11.8 Å². The highest BCUT2D eigenvalue weighted by Crippen LogP contribution is 2.42. The summed E-state index contributed by atoms with van der Waals surface area (Å²) in [6.07, 6.45) is -2.42. The quantitative estimate of drug-likeness (QED) is 0.477. The first-order valence-corrected chi connectivity index (χ1v) is 7.83. The predicted molar refractivity (Wildman–Crippen MR) is 74.3 cm³/mol. The number of hydrogen-bond donors (Lipinski definition) is 0. The van der Waals surface area contributed by atoms with Gasteiger partial charge in [0.2, 0.25) is 0 Å². The van der Waals surface area contributed by atoms with Crippen molar-refractivity contribution >= 4 is 15.9 Å². The van der Waals surface area contributed by atoms with Gasteiger partial charge in [-0.05, 0) is 43.2 Å². The molecule has 0 aromatic heterocycles. The molecule has 0 spiro atoms. The minimum absolute atomic E-state index is 0.0717. The first-order chi connectivity index (χ1) is 9.77. The second-order valence-corrected chi connectivity index (χ2v) is 6.80. The normalized spacial score (nSPS) is 24.9. The third kappa shape index (κ3) is 4.41. The summed E-state index contributed by atoms with van der Waals surface area (Å²) in [4.78, 5) is -0.234. The first-order valence-electron chi connectivity index (χ1n) is 6.92. The Hall–Kier alpha value is -0.650. The molecule has 0 saturated heterocycles. The lowest BCUT2D eigenvalue weighted by Gasteiger charge is -2.33. The van der Waals surface area contributed by atoms with Crippen LogP contribution >= 0.6 is 15.9 Å². The minimum atomic E-state index is -4.16. The van der Waals surface area contributed by atoms with Gasteiger partial charge in [0, 0.05) is 10.9 Å². The van der Waals surface area contributed by atoms with Crippen LogP contribution < -0.4 is 0 Å². The second kappa shape index (κ2) is 6.63. The van der Waals surface area contributed by atoms with Gasteiger partial charge >= 0.3 is 6.18 Å². The number of hydrogen-bond acceptors (Lipinski definition) is 0. The Bertz CT molecular complexity index is 485. The average Bonchev–Trinajstić information content (AvgIpc) is 2.41. The molecule has 0 bridgehead atoms. The maximum absolute atomic E-state index is 13.6. The summed E-state index contributed by atoms with van der Waals surface area (Å²) >= 11 is 3.40. The van der Waals surface area contributed by atoms with E-state index in [-0.39, 0.29) is 30.0 Å². The highest BCUT2D eigenvalue weighted by molar-refractivity contribution is 9.09. The molecule has 21 heavy (non-hydrogen) atoms. The summed E-state index contributed by atoms with van der Waals surface area (Å²) in [5.41, 5.74) is 0.326. The van der Waals surface area contributed by atoms with Crippen LogP contribution in [0, 0.1) is 23.5 Å². The van der Waals surface area contributed by atoms with Crippen LogP contribution in [-0.2, 0) is 6.42 Å². The molecule has 0 amide bonds. The Balaban J connectivity index is 2.01. The highest BCUT2D eigenvalue weighted by Gasteiger charge is 2.43. The SMILES string of the molecule is Fc1ccc(CC(Br)C2CCCC(C(F)(F)F)C2)c(F)c1. The van der Waals surface area contributed by atoms with Crippen LogP contribution in [0.2, 0.25) is 0 Å². The van der Waals surface area contributed by atoms with E-state index in [0.29, 0.717) is 18.4 Å². The molecule has 1 aliphatic carbocycles. The van der Waals surface area contributed by atoms with Crippen LogP contribution in [0.15, 0.2) is 18.2 Å². The Morgan fingerprint density at radius 2 is 1.90 bits per heavy atom. The van der Waals surface area contributed by atoms with Crippen molar-refractivity contribution < 1.29 is 22.0 Å². The first kappa shape index (κ1) is 16.7. The third-order valence-electron chi connectivity index (χ3n) is 4.12. The fourth-order valence-corrected chi connectivity index (χ4v) is 3.75. The number of alkyl halides is 4. The van der Waals surface area contributed by atoms with Gasteiger partial charge in [-0.2, -0.15) is 13.2 Å². The van der Waals surface area contributed by atoms with E-state index >= 15 is 0 Å². The van der Waals surface area contributed by atoms with Gasteiger partial charge in [-0.25, -0.2) is 8.78 Å². The average molecular weight is 371 g/mol. The molecule has 3 atom stereocenters. The Morgan fingerprint density at radius 3 is 2.52 bits per heavy atom. The van der Waals surface area contributed by atoms with E-state index < -0.39 is 23.7 Å². The van der Waals surface area contributed by atoms with Crippen molar-refractivity contribution in [3.63, 3.8) is 0 Å². The lowest BCUT2D eigenvalue weighted by atomic mass is 9.78. The molecule has 6 heteroatoms. The largest absolute Gasteiger partial charge is 0.391 e. The van der Waals surface area contributed by atoms with Crippen LogP contribution in [-0.4, -0.2) is 11.0 Å². The van der Waals surface area contributed by atoms with Gasteiger partial charge < -0.3 is 0 Å². The van der Waals surface area contributed by atoms with Crippen molar-refractivity contribution in [3.05, 3.63) is 35.4 Å². The monoisotopic (exact) mass is 370 g/mol. The van der Waals surface area contributed by atoms with E-state index in [1.165, 1.54) is 6.07 Å². The van der Waals surface area contributed by atoms with E-state index in [1.54, 1.807) is 0 Å². The number of halogens is 6. The van der Waals surface area contributed by atoms with Crippen LogP contribution in [0.5, 0.6) is 0 Å². The lowest BCUT2D eigenvalue weighted by Crippen LogP contribution is -2.32. The molecule has 0 radical (unpaired) electrons. The van der Waals surface area contributed by atoms with Crippen LogP contribution in [0.1, 0.15) is 31.2 Å². The van der Waals surface area contributed by atoms with Gasteiger partial charge in [-0.1, -0.05) is 28.4 Å². The van der Waals surface area contributed by atoms with E-state index in [2.05, 4.69) is 15.9 Å². The van der Waals surface area contributed by atoms with Gasteiger partial charge in [-0.3, -0.25) is 0 Å². The van der Waals surface area contributed by atoms with Crippen molar-refractivity contribution in [1.29, 1.82) is 0 Å². The molecule has 0 nitrogen and oxygen atoms in total. The maximum Gasteiger partial charge on any atom is 0.391 e. The summed E-state index contributed by atoms with van der Waals surface area (Å²) in [5.74, 6) is -2.72. The molecular formula is C15H16BrF5. The van der Waals surface area contributed by atoms with Gasteiger partial charge in [0.15, 0.2) is 0 Å². The molecule has 1 aliphatic rings. The highest BCUT2D eigenvalue weighted by atomic mass is 79.9. The van der Waals surface area contributed by atoms with E-state index in [1.807, 2.05) is 0 Å². The zero-order valence-electron chi connectivity index (χ0n) is 11.3. The smallest absolute Gasteiger partial charge is 0.207 e. The molecule has 118 valence electrons. The Morgan fingerprint density at radius 1 is 1.19 bits per heavy atom. The van der Waals surface area contributed by atoms with Crippen molar-refractivity contribution in [3.8, 4) is 0 Å². The van der Waals surface area contributed by atoms with Crippen LogP contribution in [0.3, 0.4) is 0 Å². The zero-order chi connectivity index (χ0) is 15.6. The predicted octanol–water partition coefficient (Wildman–Crippen LogP) is 5.64. The van der Waals surface area contributed by atoms with Crippen LogP contribution in [0.25, 0.3) is 0 Å². The molecule has 0 aliphatic heterocycles. The minimum Gasteiger partial charge on any atom is -0.207 e. The molecule has 2 rings (SSSR count). The van der Waals surface area contributed by atoms with Crippen molar-refractivity contribution in [2.75, 3.05) is 0 Å². The molecule has 3 unspecified atom stereocenters. The van der Waals surface area contributed by atoms with Gasteiger partial charge in [0.05, 0.1) is 5.92 Å². The van der Waals surface area contributed by atoms with Crippen molar-refractivity contribution in [2.45, 2.75) is 43.1 Å². The summed E-state index contributed by atoms with van der Waals surface area (Å²) in [7, 11) is 0. The van der Waals surface area contributed by atoms with Crippen LogP contribution in [0.4, 0.5) is 22.0 Å². The number of benzene rings is 1. The van der Waals surface area contributed by atoms with Crippen molar-refractivity contribution in [1.82, 2.24) is 0 Å². The fraction of sp³-hybridized carbons (Fsp3) is 0.600. The molecule has 1 saturated carbocycles. The lowest BCUT2D eigenvalue weighted by molar-refractivity contribution is -0.185.